The summed E-state index contributed by atoms with van der Waals surface area (Å²) in [5.41, 5.74) is 0. The van der Waals surface area contributed by atoms with Gasteiger partial charge in [0, 0.05) is 0 Å². The zero-order chi connectivity index (χ0) is 12.3. The van der Waals surface area contributed by atoms with Gasteiger partial charge < -0.3 is 0 Å². The number of hydrogen-bond acceptors (Lipinski definition) is 2. The Kier molecular flexibility index (Phi) is 3.90. The molecule has 3 unspecified atom stereocenters. The maximum absolute atomic E-state index is 13.6. The molecule has 1 saturated carbocycles. The zero-order valence-corrected chi connectivity index (χ0v) is 10.3. The van der Waals surface area contributed by atoms with Crippen molar-refractivity contribution in [2.75, 3.05) is 0 Å². The Bertz CT molecular complexity index is 469. The Hall–Kier alpha value is -1.21. The van der Waals surface area contributed by atoms with E-state index in [2.05, 4.69) is 6.07 Å². The van der Waals surface area contributed by atoms with Gasteiger partial charge in [-0.3, -0.25) is 4.21 Å². The molecule has 0 aliphatic heterocycles. The van der Waals surface area contributed by atoms with Crippen molar-refractivity contribution < 1.29 is 8.60 Å². The second-order valence-electron chi connectivity index (χ2n) is 4.29. The first-order chi connectivity index (χ1) is 8.24. The molecule has 1 aromatic rings. The van der Waals surface area contributed by atoms with Crippen LogP contribution in [0.1, 0.15) is 25.7 Å². The molecule has 1 aliphatic rings. The molecule has 0 amide bonds. The van der Waals surface area contributed by atoms with Gasteiger partial charge in [0.25, 0.3) is 0 Å². The van der Waals surface area contributed by atoms with Crippen LogP contribution in [0.2, 0.25) is 0 Å². The van der Waals surface area contributed by atoms with E-state index in [-0.39, 0.29) is 16.1 Å². The van der Waals surface area contributed by atoms with E-state index in [1.54, 1.807) is 18.2 Å². The maximum Gasteiger partial charge on any atom is 0.139 e. The monoisotopic (exact) mass is 251 g/mol. The molecule has 0 radical (unpaired) electrons. The lowest BCUT2D eigenvalue weighted by molar-refractivity contribution is 0.430. The van der Waals surface area contributed by atoms with Crippen LogP contribution in [-0.2, 0) is 10.8 Å². The fraction of sp³-hybridized carbons (Fsp3) is 0.462. The topological polar surface area (TPSA) is 40.9 Å². The molecule has 17 heavy (non-hydrogen) atoms. The smallest absolute Gasteiger partial charge is 0.139 e. The zero-order valence-electron chi connectivity index (χ0n) is 9.43. The Morgan fingerprint density at radius 1 is 1.29 bits per heavy atom. The first-order valence-corrected chi connectivity index (χ1v) is 7.00. The molecule has 1 aromatic carbocycles. The van der Waals surface area contributed by atoms with Gasteiger partial charge in [-0.05, 0) is 25.0 Å². The lowest BCUT2D eigenvalue weighted by atomic mass is 9.90. The lowest BCUT2D eigenvalue weighted by Gasteiger charge is -2.25. The SMILES string of the molecule is N#CC1CCCCC1S(=O)c1ccccc1F. The van der Waals surface area contributed by atoms with Crippen molar-refractivity contribution in [3.05, 3.63) is 30.1 Å². The molecule has 2 rings (SSSR count). The van der Waals surface area contributed by atoms with Gasteiger partial charge in [0.15, 0.2) is 0 Å². The summed E-state index contributed by atoms with van der Waals surface area (Å²) in [6.07, 6.45) is 3.51. The molecule has 0 heterocycles. The predicted octanol–water partition coefficient (Wildman–Crippen LogP) is 3.02. The van der Waals surface area contributed by atoms with Crippen molar-refractivity contribution in [2.24, 2.45) is 5.92 Å². The fourth-order valence-corrected chi connectivity index (χ4v) is 3.95. The first kappa shape index (κ1) is 12.3. The number of nitrogens with zero attached hydrogens (tertiary/aromatic N) is 1. The minimum atomic E-state index is -1.41. The summed E-state index contributed by atoms with van der Waals surface area (Å²) < 4.78 is 25.9. The number of benzene rings is 1. The molecule has 0 N–H and O–H groups in total. The van der Waals surface area contributed by atoms with Crippen LogP contribution in [0.25, 0.3) is 0 Å². The third-order valence-corrected chi connectivity index (χ3v) is 5.08. The van der Waals surface area contributed by atoms with Crippen LogP contribution < -0.4 is 0 Å². The van der Waals surface area contributed by atoms with Crippen LogP contribution in [0.4, 0.5) is 4.39 Å². The average Bonchev–Trinajstić information content (AvgIpc) is 2.38. The molecule has 3 atom stereocenters. The molecular weight excluding hydrogens is 237 g/mol. The summed E-state index contributed by atoms with van der Waals surface area (Å²) in [6.45, 7) is 0. The van der Waals surface area contributed by atoms with E-state index in [1.165, 1.54) is 6.07 Å². The van der Waals surface area contributed by atoms with Crippen LogP contribution in [0, 0.1) is 23.1 Å². The van der Waals surface area contributed by atoms with E-state index in [4.69, 9.17) is 5.26 Å². The van der Waals surface area contributed by atoms with Gasteiger partial charge >= 0.3 is 0 Å². The highest BCUT2D eigenvalue weighted by Crippen LogP contribution is 2.31. The standard InChI is InChI=1S/C13H14FNOS/c14-11-6-2-4-8-13(11)17(16)12-7-3-1-5-10(12)9-15/h2,4,6,8,10,12H,1,3,5,7H2. The van der Waals surface area contributed by atoms with Crippen molar-refractivity contribution >= 4 is 10.8 Å². The van der Waals surface area contributed by atoms with Crippen molar-refractivity contribution in [1.29, 1.82) is 5.26 Å². The predicted molar refractivity (Wildman–Crippen MR) is 64.2 cm³/mol. The van der Waals surface area contributed by atoms with Gasteiger partial charge in [0.1, 0.15) is 5.82 Å². The maximum atomic E-state index is 13.6. The van der Waals surface area contributed by atoms with Crippen molar-refractivity contribution in [3.63, 3.8) is 0 Å². The largest absolute Gasteiger partial charge is 0.254 e. The Labute approximate surface area is 103 Å². The van der Waals surface area contributed by atoms with Crippen LogP contribution in [0.15, 0.2) is 29.2 Å². The summed E-state index contributed by atoms with van der Waals surface area (Å²) in [4.78, 5) is 0.236. The van der Waals surface area contributed by atoms with Gasteiger partial charge in [-0.2, -0.15) is 5.26 Å². The molecule has 0 spiro atoms. The minimum absolute atomic E-state index is 0.204. The highest BCUT2D eigenvalue weighted by Gasteiger charge is 2.31. The van der Waals surface area contributed by atoms with Crippen LogP contribution in [0.3, 0.4) is 0 Å². The average molecular weight is 251 g/mol. The van der Waals surface area contributed by atoms with Crippen molar-refractivity contribution in [2.45, 2.75) is 35.8 Å². The third kappa shape index (κ3) is 2.55. The molecule has 0 bridgehead atoms. The number of hydrogen-bond donors (Lipinski definition) is 0. The summed E-state index contributed by atoms with van der Waals surface area (Å²) >= 11 is 0. The summed E-state index contributed by atoms with van der Waals surface area (Å²) in [5, 5.41) is 8.83. The highest BCUT2D eigenvalue weighted by molar-refractivity contribution is 7.85. The Morgan fingerprint density at radius 2 is 2.00 bits per heavy atom. The minimum Gasteiger partial charge on any atom is -0.254 e. The van der Waals surface area contributed by atoms with E-state index in [0.29, 0.717) is 0 Å². The van der Waals surface area contributed by atoms with E-state index in [9.17, 15) is 8.60 Å². The molecule has 1 aliphatic carbocycles. The van der Waals surface area contributed by atoms with E-state index < -0.39 is 16.6 Å². The fourth-order valence-electron chi connectivity index (χ4n) is 2.27. The Balaban J connectivity index is 2.25. The van der Waals surface area contributed by atoms with E-state index >= 15 is 0 Å². The van der Waals surface area contributed by atoms with Crippen molar-refractivity contribution in [1.82, 2.24) is 0 Å². The summed E-state index contributed by atoms with van der Waals surface area (Å²) in [6, 6.07) is 8.34. The van der Waals surface area contributed by atoms with Crippen LogP contribution in [-0.4, -0.2) is 9.46 Å². The number of halogens is 1. The quantitative estimate of drug-likeness (QED) is 0.810. The number of nitriles is 1. The third-order valence-electron chi connectivity index (χ3n) is 3.20. The second-order valence-corrected chi connectivity index (χ2v) is 5.93. The van der Waals surface area contributed by atoms with Gasteiger partial charge in [-0.1, -0.05) is 25.0 Å². The van der Waals surface area contributed by atoms with Gasteiger partial charge in [0.05, 0.1) is 32.9 Å². The van der Waals surface area contributed by atoms with Gasteiger partial charge in [-0.25, -0.2) is 4.39 Å². The molecule has 90 valence electrons. The first-order valence-electron chi connectivity index (χ1n) is 5.78. The normalized spacial score (nSPS) is 26.1. The summed E-state index contributed by atoms with van der Waals surface area (Å²) in [7, 11) is -1.41. The molecule has 1 fully saturated rings. The molecule has 2 nitrogen and oxygen atoms in total. The van der Waals surface area contributed by atoms with Gasteiger partial charge in [-0.15, -0.1) is 0 Å². The number of rotatable bonds is 2. The molecule has 0 aromatic heterocycles. The highest BCUT2D eigenvalue weighted by atomic mass is 32.2. The van der Waals surface area contributed by atoms with E-state index in [1.807, 2.05) is 0 Å². The van der Waals surface area contributed by atoms with Crippen LogP contribution >= 0.6 is 0 Å². The molecular formula is C13H14FNOS. The van der Waals surface area contributed by atoms with Gasteiger partial charge in [0.2, 0.25) is 0 Å². The van der Waals surface area contributed by atoms with Crippen LogP contribution in [0.5, 0.6) is 0 Å². The Morgan fingerprint density at radius 3 is 2.71 bits per heavy atom. The van der Waals surface area contributed by atoms with E-state index in [0.717, 1.165) is 25.7 Å². The molecule has 4 heteroatoms. The second kappa shape index (κ2) is 5.42. The summed E-state index contributed by atoms with van der Waals surface area (Å²) in [5.74, 6) is -0.641. The lowest BCUT2D eigenvalue weighted by Crippen LogP contribution is -2.28. The molecule has 0 saturated heterocycles. The van der Waals surface area contributed by atoms with Crippen molar-refractivity contribution in [3.8, 4) is 6.07 Å².